The van der Waals surface area contributed by atoms with Crippen LogP contribution in [0.5, 0.6) is 0 Å². The van der Waals surface area contributed by atoms with Crippen LogP contribution in [0.1, 0.15) is 40.3 Å². The molecule has 11 heteroatoms. The van der Waals surface area contributed by atoms with Gasteiger partial charge in [-0.15, -0.1) is 0 Å². The molecule has 1 atom stereocenters. The van der Waals surface area contributed by atoms with Crippen molar-refractivity contribution in [1.29, 1.82) is 0 Å². The third-order valence-corrected chi connectivity index (χ3v) is 10.9. The van der Waals surface area contributed by atoms with Crippen LogP contribution in [-0.4, -0.2) is 92.1 Å². The van der Waals surface area contributed by atoms with E-state index < -0.39 is 15.9 Å². The molecule has 4 aromatic rings. The molecule has 0 saturated carbocycles. The number of nitrogens with zero attached hydrogens (tertiary/aromatic N) is 3. The van der Waals surface area contributed by atoms with Gasteiger partial charge < -0.3 is 9.88 Å². The van der Waals surface area contributed by atoms with Gasteiger partial charge in [-0.05, 0) is 78.4 Å². The molecule has 1 saturated heterocycles. The molecule has 4 N–H and O–H groups in total. The van der Waals surface area contributed by atoms with Gasteiger partial charge in [-0.1, -0.05) is 48.5 Å². The van der Waals surface area contributed by atoms with E-state index in [9.17, 15) is 13.2 Å². The van der Waals surface area contributed by atoms with Crippen molar-refractivity contribution in [2.75, 3.05) is 52.9 Å². The van der Waals surface area contributed by atoms with Crippen molar-refractivity contribution in [3.63, 3.8) is 0 Å². The highest BCUT2D eigenvalue weighted by molar-refractivity contribution is 7.89. The first kappa shape index (κ1) is 33.1. The van der Waals surface area contributed by atoms with Gasteiger partial charge in [0.15, 0.2) is 0 Å². The van der Waals surface area contributed by atoms with Crippen molar-refractivity contribution in [1.82, 2.24) is 29.9 Å². The van der Waals surface area contributed by atoms with Gasteiger partial charge in [0.25, 0.3) is 5.91 Å². The summed E-state index contributed by atoms with van der Waals surface area (Å²) in [7, 11) is -1.54. The molecule has 1 unspecified atom stereocenters. The number of nitrogens with one attached hydrogen (secondary N) is 3. The van der Waals surface area contributed by atoms with Gasteiger partial charge in [-0.2, -0.15) is 0 Å². The van der Waals surface area contributed by atoms with Crippen molar-refractivity contribution in [2.24, 2.45) is 0 Å². The van der Waals surface area contributed by atoms with Crippen molar-refractivity contribution in [3.8, 4) is 0 Å². The van der Waals surface area contributed by atoms with Crippen LogP contribution in [0.25, 0.3) is 17.0 Å². The number of carbonyl (C=O) groups is 1. The molecule has 6 rings (SSSR count). The highest BCUT2D eigenvalue weighted by Crippen LogP contribution is 2.38. The average Bonchev–Trinajstić information content (AvgIpc) is 3.70. The highest BCUT2D eigenvalue weighted by Gasteiger charge is 2.29. The van der Waals surface area contributed by atoms with Crippen molar-refractivity contribution in [3.05, 3.63) is 107 Å². The zero-order chi connectivity index (χ0) is 32.8. The van der Waals surface area contributed by atoms with E-state index in [1.165, 1.54) is 28.2 Å². The van der Waals surface area contributed by atoms with Gasteiger partial charge in [0.05, 0.1) is 4.90 Å². The molecule has 0 bridgehead atoms. The van der Waals surface area contributed by atoms with E-state index in [1.54, 1.807) is 17.6 Å². The molecular weight excluding hydrogens is 613 g/mol. The lowest BCUT2D eigenvalue weighted by Gasteiger charge is -2.32. The molecule has 2 aliphatic rings. The number of aromatic amines is 1. The predicted octanol–water partition coefficient (Wildman–Crippen LogP) is 3.94. The SMILES string of the molecule is CN1CCN(CCNS(=O)(=O)c2cccc(CN(CCc3c[nH]c4ccccc34)C3CCc4cc(/C=C/C(=O)NO)ccc43)c2)CC1. The maximum Gasteiger partial charge on any atom is 0.267 e. The lowest BCUT2D eigenvalue weighted by molar-refractivity contribution is -0.124. The Kier molecular flexibility index (Phi) is 10.5. The van der Waals surface area contributed by atoms with Gasteiger partial charge >= 0.3 is 0 Å². The van der Waals surface area contributed by atoms with Crippen LogP contribution in [0.4, 0.5) is 0 Å². The number of hydroxylamine groups is 1. The smallest absolute Gasteiger partial charge is 0.267 e. The number of benzene rings is 3. The number of aromatic nitrogens is 1. The molecule has 1 amide bonds. The number of amides is 1. The third kappa shape index (κ3) is 8.18. The molecule has 1 aromatic heterocycles. The second kappa shape index (κ2) is 14.9. The van der Waals surface area contributed by atoms with Crippen LogP contribution in [-0.2, 0) is 34.2 Å². The van der Waals surface area contributed by atoms with Gasteiger partial charge in [0.2, 0.25) is 10.0 Å². The Balaban J connectivity index is 1.20. The van der Waals surface area contributed by atoms with Crippen molar-refractivity contribution < 1.29 is 18.4 Å². The summed E-state index contributed by atoms with van der Waals surface area (Å²) in [6, 6.07) is 22.1. The van der Waals surface area contributed by atoms with E-state index >= 15 is 0 Å². The quantitative estimate of drug-likeness (QED) is 0.0978. The fourth-order valence-electron chi connectivity index (χ4n) is 6.79. The van der Waals surface area contributed by atoms with Crippen LogP contribution in [0.15, 0.2) is 83.9 Å². The number of likely N-dealkylation sites (N-methyl/N-ethyl adjacent to an activating group) is 1. The molecule has 1 fully saturated rings. The molecule has 2 heterocycles. The Morgan fingerprint density at radius 1 is 1.06 bits per heavy atom. The fraction of sp³-hybridized carbons (Fsp3) is 0.361. The highest BCUT2D eigenvalue weighted by atomic mass is 32.2. The number of carbonyl (C=O) groups excluding carboxylic acids is 1. The Morgan fingerprint density at radius 3 is 2.72 bits per heavy atom. The lowest BCUT2D eigenvalue weighted by Crippen LogP contribution is -2.46. The number of piperazine rings is 1. The Labute approximate surface area is 277 Å². The third-order valence-electron chi connectivity index (χ3n) is 9.44. The van der Waals surface area contributed by atoms with Crippen LogP contribution in [0.2, 0.25) is 0 Å². The monoisotopic (exact) mass is 656 g/mol. The predicted molar refractivity (Wildman–Crippen MR) is 184 cm³/mol. The van der Waals surface area contributed by atoms with E-state index in [4.69, 9.17) is 5.21 Å². The second-order valence-corrected chi connectivity index (χ2v) is 14.4. The van der Waals surface area contributed by atoms with Gasteiger partial charge in [0, 0.05) is 81.6 Å². The standard InChI is InChI=1S/C36H44N6O4S/c1-40-19-21-41(22-20-40)18-16-38-47(45,46)31-6-4-5-28(24-31)26-42(17-15-30-25-37-34-8-3-2-7-32(30)34)35-13-11-29-23-27(9-12-33(29)35)10-14-36(43)39-44/h2-10,12,14,23-25,35,37-38,44H,11,13,15-22,26H2,1H3,(H,39,43)/b14-10+. The molecular formula is C36H44N6O4S. The summed E-state index contributed by atoms with van der Waals surface area (Å²) in [5.41, 5.74) is 8.34. The number of aryl methyl sites for hydroxylation is 1. The Morgan fingerprint density at radius 2 is 1.89 bits per heavy atom. The summed E-state index contributed by atoms with van der Waals surface area (Å²) in [5, 5.41) is 10.0. The summed E-state index contributed by atoms with van der Waals surface area (Å²) in [4.78, 5) is 22.2. The molecule has 47 heavy (non-hydrogen) atoms. The Bertz CT molecular complexity index is 1830. The minimum atomic E-state index is -3.65. The first-order valence-corrected chi connectivity index (χ1v) is 17.8. The number of fused-ring (bicyclic) bond motifs is 2. The largest absolute Gasteiger partial charge is 0.361 e. The van der Waals surface area contributed by atoms with Gasteiger partial charge in [0.1, 0.15) is 0 Å². The number of rotatable bonds is 13. The van der Waals surface area contributed by atoms with E-state index in [0.29, 0.717) is 24.5 Å². The molecule has 0 radical (unpaired) electrons. The second-order valence-electron chi connectivity index (χ2n) is 12.6. The average molecular weight is 657 g/mol. The number of sulfonamides is 1. The Hall–Kier alpha value is -3.84. The number of para-hydroxylation sites is 1. The van der Waals surface area contributed by atoms with Crippen molar-refractivity contribution >= 4 is 32.9 Å². The summed E-state index contributed by atoms with van der Waals surface area (Å²) < 4.78 is 29.5. The number of hydrogen-bond donors (Lipinski definition) is 4. The normalized spacial score (nSPS) is 17.6. The first-order chi connectivity index (χ1) is 22.8. The molecule has 248 valence electrons. The number of hydrogen-bond acceptors (Lipinski definition) is 7. The van der Waals surface area contributed by atoms with E-state index in [-0.39, 0.29) is 6.04 Å². The maximum absolute atomic E-state index is 13.3. The summed E-state index contributed by atoms with van der Waals surface area (Å²) in [6.45, 7) is 6.38. The van der Waals surface area contributed by atoms with E-state index in [1.807, 2.05) is 30.3 Å². The topological polar surface area (TPSA) is 121 Å². The van der Waals surface area contributed by atoms with Crippen molar-refractivity contribution in [2.45, 2.75) is 36.7 Å². The van der Waals surface area contributed by atoms with Crippen LogP contribution in [0, 0.1) is 0 Å². The lowest BCUT2D eigenvalue weighted by atomic mass is 10.0. The number of H-pyrrole nitrogens is 1. The van der Waals surface area contributed by atoms with Gasteiger partial charge in [-0.3, -0.25) is 19.8 Å². The molecule has 3 aromatic carbocycles. The molecule has 0 spiro atoms. The first-order valence-electron chi connectivity index (χ1n) is 16.3. The van der Waals surface area contributed by atoms with E-state index in [2.05, 4.69) is 68.0 Å². The zero-order valence-electron chi connectivity index (χ0n) is 26.9. The van der Waals surface area contributed by atoms with Crippen LogP contribution < -0.4 is 10.2 Å². The summed E-state index contributed by atoms with van der Waals surface area (Å²) in [5.74, 6) is -0.568. The van der Waals surface area contributed by atoms with Crippen LogP contribution >= 0.6 is 0 Å². The maximum atomic E-state index is 13.3. The minimum Gasteiger partial charge on any atom is -0.361 e. The molecule has 1 aliphatic heterocycles. The molecule has 10 nitrogen and oxygen atoms in total. The van der Waals surface area contributed by atoms with Crippen LogP contribution in [0.3, 0.4) is 0 Å². The summed E-state index contributed by atoms with van der Waals surface area (Å²) >= 11 is 0. The van der Waals surface area contributed by atoms with E-state index in [0.717, 1.165) is 68.6 Å². The zero-order valence-corrected chi connectivity index (χ0v) is 27.7. The fourth-order valence-corrected chi connectivity index (χ4v) is 7.88. The summed E-state index contributed by atoms with van der Waals surface area (Å²) in [6.07, 6.45) is 7.79. The van der Waals surface area contributed by atoms with Gasteiger partial charge in [-0.25, -0.2) is 18.6 Å². The minimum absolute atomic E-state index is 0.163. The molecule has 1 aliphatic carbocycles.